The van der Waals surface area contributed by atoms with Crippen molar-refractivity contribution in [3.8, 4) is 11.5 Å². The Morgan fingerprint density at radius 2 is 1.14 bits per heavy atom. The van der Waals surface area contributed by atoms with E-state index in [4.69, 9.17) is 70.6 Å². The van der Waals surface area contributed by atoms with Gasteiger partial charge < -0.3 is 14.2 Å². The third-order valence-corrected chi connectivity index (χ3v) is 9.41. The first-order valence-electron chi connectivity index (χ1n) is 15.5. The number of esters is 3. The Morgan fingerprint density at radius 3 is 1.68 bits per heavy atom. The number of aryl methyl sites for hydroxylation is 1. The molecule has 2 heterocycles. The van der Waals surface area contributed by atoms with Gasteiger partial charge in [-0.25, -0.2) is 14.4 Å². The molecule has 8 nitrogen and oxygen atoms in total. The zero-order valence-electron chi connectivity index (χ0n) is 26.4. The average molecular weight is 746 g/mol. The standard InChI is InChI=1S/C38H24Cl4N2O6/c1-3-4-13-48-36(45)25-17-44-35-21-7-9-23(37(46)49-28-11-5-19(39)14-26(28)41)30-18(2)16-43-34(32(21)30)22-8-10-24(31(25)33(22)35)38(47)50-29-12-6-20(40)15-27(29)42/h5-12,14-17H,3-4,13H2,1-2H3. The number of pyridine rings is 2. The van der Waals surface area contributed by atoms with E-state index in [-0.39, 0.29) is 50.2 Å². The summed E-state index contributed by atoms with van der Waals surface area (Å²) >= 11 is 24.7. The van der Waals surface area contributed by atoms with E-state index >= 15 is 0 Å². The largest absolute Gasteiger partial charge is 0.462 e. The smallest absolute Gasteiger partial charge is 0.344 e. The number of unbranched alkanes of at least 4 members (excludes halogenated alkanes) is 1. The molecule has 0 spiro atoms. The number of hydrogen-bond acceptors (Lipinski definition) is 8. The molecule has 7 rings (SSSR count). The van der Waals surface area contributed by atoms with Crippen molar-refractivity contribution in [2.24, 2.45) is 0 Å². The number of carbonyl (C=O) groups excluding carboxylic acids is 3. The number of hydrogen-bond donors (Lipinski definition) is 0. The molecule has 0 amide bonds. The van der Waals surface area contributed by atoms with E-state index in [9.17, 15) is 14.4 Å². The van der Waals surface area contributed by atoms with Crippen LogP contribution in [0.15, 0.2) is 73.1 Å². The van der Waals surface area contributed by atoms with Crippen molar-refractivity contribution in [2.75, 3.05) is 6.61 Å². The van der Waals surface area contributed by atoms with Crippen LogP contribution in [-0.2, 0) is 4.74 Å². The van der Waals surface area contributed by atoms with Gasteiger partial charge in [0.15, 0.2) is 0 Å². The van der Waals surface area contributed by atoms with Crippen LogP contribution in [0.4, 0.5) is 0 Å². The first-order chi connectivity index (χ1) is 24.1. The lowest BCUT2D eigenvalue weighted by Gasteiger charge is -2.19. The Hall–Kier alpha value is -4.73. The zero-order valence-corrected chi connectivity index (χ0v) is 29.4. The fraction of sp³-hybridized carbons (Fsp3) is 0.132. The zero-order chi connectivity index (χ0) is 35.3. The molecule has 0 bridgehead atoms. The second-order valence-electron chi connectivity index (χ2n) is 11.5. The van der Waals surface area contributed by atoms with Gasteiger partial charge in [0.25, 0.3) is 0 Å². The first kappa shape index (κ1) is 33.8. The Labute approximate surface area is 305 Å². The molecule has 0 radical (unpaired) electrons. The van der Waals surface area contributed by atoms with Crippen LogP contribution in [0.5, 0.6) is 11.5 Å². The van der Waals surface area contributed by atoms with Gasteiger partial charge in [0, 0.05) is 54.8 Å². The minimum atomic E-state index is -0.757. The highest BCUT2D eigenvalue weighted by molar-refractivity contribution is 6.37. The van der Waals surface area contributed by atoms with Gasteiger partial charge in [-0.3, -0.25) is 9.97 Å². The van der Waals surface area contributed by atoms with E-state index < -0.39 is 17.9 Å². The maximum Gasteiger partial charge on any atom is 0.344 e. The molecule has 5 aromatic carbocycles. The minimum Gasteiger partial charge on any atom is -0.462 e. The second-order valence-corrected chi connectivity index (χ2v) is 13.2. The SMILES string of the molecule is CCCCOC(=O)c1cnc2c3ccc(C(=O)Oc4ccc(Cl)cc4Cl)c4c(C)cnc(c5ccc(C(=O)Oc6ccc(Cl)cc6Cl)c1c52)c43. The van der Waals surface area contributed by atoms with Gasteiger partial charge in [-0.15, -0.1) is 0 Å². The van der Waals surface area contributed by atoms with Crippen molar-refractivity contribution < 1.29 is 28.6 Å². The molecule has 0 unspecified atom stereocenters. The number of carbonyl (C=O) groups is 3. The lowest BCUT2D eigenvalue weighted by Crippen LogP contribution is -2.14. The van der Waals surface area contributed by atoms with Crippen LogP contribution in [0.1, 0.15) is 56.4 Å². The van der Waals surface area contributed by atoms with Crippen molar-refractivity contribution in [2.45, 2.75) is 26.7 Å². The average Bonchev–Trinajstić information content (AvgIpc) is 3.09. The van der Waals surface area contributed by atoms with E-state index in [1.165, 1.54) is 30.5 Å². The summed E-state index contributed by atoms with van der Waals surface area (Å²) in [6.45, 7) is 4.02. The second kappa shape index (κ2) is 13.5. The quantitative estimate of drug-likeness (QED) is 0.0498. The number of halogens is 4. The van der Waals surface area contributed by atoms with Crippen LogP contribution in [-0.4, -0.2) is 34.5 Å². The van der Waals surface area contributed by atoms with Crippen LogP contribution in [0.25, 0.3) is 43.4 Å². The Balaban J connectivity index is 1.46. The molecule has 12 heteroatoms. The summed E-state index contributed by atoms with van der Waals surface area (Å²) in [6, 6.07) is 15.8. The van der Waals surface area contributed by atoms with E-state index in [0.717, 1.165) is 12.0 Å². The number of ether oxygens (including phenoxy) is 3. The van der Waals surface area contributed by atoms with E-state index in [2.05, 4.69) is 0 Å². The highest BCUT2D eigenvalue weighted by atomic mass is 35.5. The Kier molecular flexibility index (Phi) is 9.13. The topological polar surface area (TPSA) is 105 Å². The van der Waals surface area contributed by atoms with E-state index in [1.807, 2.05) is 13.8 Å². The monoisotopic (exact) mass is 744 g/mol. The molecule has 2 aromatic heterocycles. The molecule has 0 fully saturated rings. The Morgan fingerprint density at radius 1 is 0.620 bits per heavy atom. The maximum atomic E-state index is 13.9. The number of fused-ring (bicyclic) bond motifs is 2. The van der Waals surface area contributed by atoms with Crippen LogP contribution < -0.4 is 9.47 Å². The molecular formula is C38H24Cl4N2O6. The molecule has 0 aliphatic rings. The lowest BCUT2D eigenvalue weighted by molar-refractivity contribution is 0.0501. The highest BCUT2D eigenvalue weighted by Gasteiger charge is 2.27. The maximum absolute atomic E-state index is 13.9. The molecule has 0 aliphatic heterocycles. The summed E-state index contributed by atoms with van der Waals surface area (Å²) in [5.74, 6) is -1.77. The summed E-state index contributed by atoms with van der Waals surface area (Å²) in [6.07, 6.45) is 4.54. The molecular weight excluding hydrogens is 722 g/mol. The molecule has 7 aromatic rings. The molecule has 0 saturated heterocycles. The predicted molar refractivity (Wildman–Crippen MR) is 196 cm³/mol. The molecule has 0 N–H and O–H groups in total. The van der Waals surface area contributed by atoms with Gasteiger partial charge in [-0.1, -0.05) is 71.9 Å². The van der Waals surface area contributed by atoms with Gasteiger partial charge in [-0.2, -0.15) is 0 Å². The number of nitrogens with zero attached hydrogens (tertiary/aromatic N) is 2. The van der Waals surface area contributed by atoms with Gasteiger partial charge in [0.2, 0.25) is 0 Å². The summed E-state index contributed by atoms with van der Waals surface area (Å²) in [7, 11) is 0. The molecule has 0 atom stereocenters. The van der Waals surface area contributed by atoms with Gasteiger partial charge >= 0.3 is 17.9 Å². The lowest BCUT2D eigenvalue weighted by atomic mass is 9.89. The van der Waals surface area contributed by atoms with Crippen molar-refractivity contribution in [1.82, 2.24) is 9.97 Å². The van der Waals surface area contributed by atoms with Crippen molar-refractivity contribution in [3.63, 3.8) is 0 Å². The van der Waals surface area contributed by atoms with E-state index in [0.29, 0.717) is 54.4 Å². The van der Waals surface area contributed by atoms with Gasteiger partial charge in [0.05, 0.1) is 44.4 Å². The Bertz CT molecular complexity index is 2520. The molecule has 50 heavy (non-hydrogen) atoms. The molecule has 250 valence electrons. The van der Waals surface area contributed by atoms with Gasteiger partial charge in [0.1, 0.15) is 11.5 Å². The number of rotatable bonds is 8. The minimum absolute atomic E-state index is 0.0858. The molecule has 0 saturated carbocycles. The van der Waals surface area contributed by atoms with Crippen molar-refractivity contribution in [1.29, 1.82) is 0 Å². The fourth-order valence-electron chi connectivity index (χ4n) is 6.05. The normalized spacial score (nSPS) is 11.5. The summed E-state index contributed by atoms with van der Waals surface area (Å²) < 4.78 is 17.0. The first-order valence-corrected chi connectivity index (χ1v) is 17.0. The van der Waals surface area contributed by atoms with Crippen LogP contribution >= 0.6 is 46.4 Å². The third kappa shape index (κ3) is 5.92. The fourth-order valence-corrected chi connectivity index (χ4v) is 6.94. The summed E-state index contributed by atoms with van der Waals surface area (Å²) in [5, 5.41) is 4.39. The highest BCUT2D eigenvalue weighted by Crippen LogP contribution is 2.43. The summed E-state index contributed by atoms with van der Waals surface area (Å²) in [4.78, 5) is 50.6. The van der Waals surface area contributed by atoms with Crippen LogP contribution in [0.2, 0.25) is 20.1 Å². The van der Waals surface area contributed by atoms with Gasteiger partial charge in [-0.05, 0) is 67.4 Å². The van der Waals surface area contributed by atoms with Crippen molar-refractivity contribution in [3.05, 3.63) is 115 Å². The van der Waals surface area contributed by atoms with E-state index in [1.54, 1.807) is 42.6 Å². The van der Waals surface area contributed by atoms with Crippen LogP contribution in [0.3, 0.4) is 0 Å². The predicted octanol–water partition coefficient (Wildman–Crippen LogP) is 10.8. The van der Waals surface area contributed by atoms with Crippen LogP contribution in [0, 0.1) is 6.92 Å². The third-order valence-electron chi connectivity index (χ3n) is 8.35. The number of aromatic nitrogens is 2. The van der Waals surface area contributed by atoms with Crippen molar-refractivity contribution >= 4 is 108 Å². The molecule has 0 aliphatic carbocycles. The summed E-state index contributed by atoms with van der Waals surface area (Å²) in [5.41, 5.74) is 2.18. The number of benzene rings is 5.